The van der Waals surface area contributed by atoms with Gasteiger partial charge in [0.1, 0.15) is 5.75 Å². The molecule has 0 aromatic heterocycles. The minimum absolute atomic E-state index is 0.254. The van der Waals surface area contributed by atoms with Gasteiger partial charge >= 0.3 is 5.97 Å². The van der Waals surface area contributed by atoms with E-state index in [1.54, 1.807) is 18.2 Å². The monoisotopic (exact) mass is 393 g/mol. The number of para-hydroxylation sites is 2. The van der Waals surface area contributed by atoms with Crippen molar-refractivity contribution < 1.29 is 19.1 Å². The molecule has 1 aliphatic rings. The Morgan fingerprint density at radius 3 is 2.38 bits per heavy atom. The molecule has 1 aliphatic heterocycles. The second kappa shape index (κ2) is 8.52. The largest absolute Gasteiger partial charge is 0.479 e. The molecule has 1 atom stereocenters. The third-order valence-corrected chi connectivity index (χ3v) is 5.25. The highest BCUT2D eigenvalue weighted by atomic mass is 16.6. The van der Waals surface area contributed by atoms with Gasteiger partial charge in [-0.15, -0.1) is 0 Å². The van der Waals surface area contributed by atoms with E-state index in [4.69, 9.17) is 9.47 Å². The maximum absolute atomic E-state index is 12.5. The van der Waals surface area contributed by atoms with Crippen molar-refractivity contribution in [2.75, 3.05) is 18.6 Å². The molecular weight excluding hydrogens is 366 g/mol. The van der Waals surface area contributed by atoms with Crippen LogP contribution in [0, 0.1) is 0 Å². The molecule has 0 unspecified atom stereocenters. The van der Waals surface area contributed by atoms with E-state index in [0.717, 1.165) is 11.4 Å². The summed E-state index contributed by atoms with van der Waals surface area (Å²) in [5, 5.41) is 0. The Labute approximate surface area is 171 Å². The average molecular weight is 393 g/mol. The fourth-order valence-corrected chi connectivity index (χ4v) is 3.65. The number of fused-ring (bicyclic) bond motifs is 1. The summed E-state index contributed by atoms with van der Waals surface area (Å²) in [5.41, 5.74) is 2.83. The number of hydrogen-bond acceptors (Lipinski definition) is 5. The van der Waals surface area contributed by atoms with Crippen molar-refractivity contribution in [2.45, 2.75) is 38.7 Å². The third-order valence-electron chi connectivity index (χ3n) is 5.25. The molecule has 0 saturated carbocycles. The van der Waals surface area contributed by atoms with E-state index in [1.807, 2.05) is 55.3 Å². The lowest BCUT2D eigenvalue weighted by Gasteiger charge is -2.24. The zero-order valence-corrected chi connectivity index (χ0v) is 17.3. The van der Waals surface area contributed by atoms with Crippen molar-refractivity contribution >= 4 is 17.4 Å². The topological polar surface area (TPSA) is 55.8 Å². The van der Waals surface area contributed by atoms with E-state index in [2.05, 4.69) is 19.9 Å². The number of anilines is 1. The molecule has 2 aromatic carbocycles. The molecule has 29 heavy (non-hydrogen) atoms. The molecule has 0 saturated heterocycles. The first-order valence-electron chi connectivity index (χ1n) is 9.81. The number of rotatable bonds is 7. The van der Waals surface area contributed by atoms with Crippen molar-refractivity contribution in [1.82, 2.24) is 0 Å². The lowest BCUT2D eigenvalue weighted by molar-refractivity contribution is -0.154. The van der Waals surface area contributed by atoms with Crippen LogP contribution in [0.1, 0.15) is 32.8 Å². The van der Waals surface area contributed by atoms with Crippen molar-refractivity contribution in [3.05, 3.63) is 71.9 Å². The van der Waals surface area contributed by atoms with E-state index in [-0.39, 0.29) is 17.8 Å². The SMILES string of the molecule is CC[C@@H](Oc1ccccc1)C(=O)OCC(=O)/C=C1/N(C)c2ccccc2C1(C)C. The van der Waals surface area contributed by atoms with Crippen LogP contribution in [0.5, 0.6) is 5.75 Å². The van der Waals surface area contributed by atoms with Gasteiger partial charge < -0.3 is 14.4 Å². The van der Waals surface area contributed by atoms with Gasteiger partial charge in [0.15, 0.2) is 18.5 Å². The Balaban J connectivity index is 1.64. The summed E-state index contributed by atoms with van der Waals surface area (Å²) in [6.45, 7) is 5.70. The molecule has 0 spiro atoms. The quantitative estimate of drug-likeness (QED) is 0.519. The zero-order valence-electron chi connectivity index (χ0n) is 17.3. The molecule has 152 valence electrons. The number of ether oxygens (including phenoxy) is 2. The van der Waals surface area contributed by atoms with Crippen LogP contribution < -0.4 is 9.64 Å². The summed E-state index contributed by atoms with van der Waals surface area (Å²) in [7, 11) is 1.94. The summed E-state index contributed by atoms with van der Waals surface area (Å²) in [5.74, 6) is -0.196. The average Bonchev–Trinajstić information content (AvgIpc) is 2.92. The molecule has 0 N–H and O–H groups in total. The van der Waals surface area contributed by atoms with Crippen LogP contribution in [0.2, 0.25) is 0 Å². The normalized spacial score (nSPS) is 17.0. The molecule has 0 radical (unpaired) electrons. The van der Waals surface area contributed by atoms with Gasteiger partial charge in [0, 0.05) is 29.9 Å². The van der Waals surface area contributed by atoms with Crippen molar-refractivity contribution in [3.63, 3.8) is 0 Å². The number of allylic oxidation sites excluding steroid dienone is 1. The van der Waals surface area contributed by atoms with Gasteiger partial charge in [0.2, 0.25) is 0 Å². The first-order chi connectivity index (χ1) is 13.8. The fraction of sp³-hybridized carbons (Fsp3) is 0.333. The highest BCUT2D eigenvalue weighted by Gasteiger charge is 2.38. The maximum atomic E-state index is 12.5. The van der Waals surface area contributed by atoms with E-state index in [1.165, 1.54) is 5.56 Å². The standard InChI is InChI=1S/C24H27NO4/c1-5-21(29-18-11-7-6-8-12-18)23(27)28-16-17(26)15-22-24(2,3)19-13-9-10-14-20(19)25(22)4/h6-15,21H,5,16H2,1-4H3/b22-15+/t21-/m1/s1. The van der Waals surface area contributed by atoms with Gasteiger partial charge in [0.05, 0.1) is 0 Å². The molecule has 2 aromatic rings. The Hall–Kier alpha value is -3.08. The fourth-order valence-electron chi connectivity index (χ4n) is 3.65. The highest BCUT2D eigenvalue weighted by Crippen LogP contribution is 2.46. The van der Waals surface area contributed by atoms with Gasteiger partial charge in [-0.25, -0.2) is 4.79 Å². The van der Waals surface area contributed by atoms with Crippen LogP contribution in [-0.4, -0.2) is 31.5 Å². The first-order valence-corrected chi connectivity index (χ1v) is 9.81. The minimum atomic E-state index is -0.743. The molecule has 0 aliphatic carbocycles. The summed E-state index contributed by atoms with van der Waals surface area (Å²) in [6.07, 6.45) is 1.29. The summed E-state index contributed by atoms with van der Waals surface area (Å²) in [4.78, 5) is 26.9. The van der Waals surface area contributed by atoms with E-state index < -0.39 is 12.1 Å². The van der Waals surface area contributed by atoms with Crippen LogP contribution in [0.4, 0.5) is 5.69 Å². The molecule has 0 bridgehead atoms. The smallest absolute Gasteiger partial charge is 0.347 e. The predicted molar refractivity (Wildman–Crippen MR) is 113 cm³/mol. The van der Waals surface area contributed by atoms with Gasteiger partial charge in [-0.05, 0) is 30.2 Å². The summed E-state index contributed by atoms with van der Waals surface area (Å²) in [6, 6.07) is 17.2. The summed E-state index contributed by atoms with van der Waals surface area (Å²) >= 11 is 0. The third kappa shape index (κ3) is 4.34. The molecule has 0 fully saturated rings. The molecule has 3 rings (SSSR count). The molecular formula is C24H27NO4. The van der Waals surface area contributed by atoms with Crippen molar-refractivity contribution in [3.8, 4) is 5.75 Å². The van der Waals surface area contributed by atoms with E-state index >= 15 is 0 Å². The van der Waals surface area contributed by atoms with Gasteiger partial charge in [-0.2, -0.15) is 0 Å². The van der Waals surface area contributed by atoms with Crippen LogP contribution in [-0.2, 0) is 19.7 Å². The number of carbonyl (C=O) groups excluding carboxylic acids is 2. The first kappa shape index (κ1) is 20.6. The zero-order chi connectivity index (χ0) is 21.0. The van der Waals surface area contributed by atoms with Crippen LogP contribution in [0.25, 0.3) is 0 Å². The van der Waals surface area contributed by atoms with Crippen molar-refractivity contribution in [1.29, 1.82) is 0 Å². The van der Waals surface area contributed by atoms with Gasteiger partial charge in [0.25, 0.3) is 0 Å². The molecule has 5 nitrogen and oxygen atoms in total. The predicted octanol–water partition coefficient (Wildman–Crippen LogP) is 4.27. The van der Waals surface area contributed by atoms with Crippen LogP contribution in [0.15, 0.2) is 66.4 Å². The number of hydrogen-bond donors (Lipinski definition) is 0. The second-order valence-corrected chi connectivity index (χ2v) is 7.63. The van der Waals surface area contributed by atoms with Crippen LogP contribution >= 0.6 is 0 Å². The number of likely N-dealkylation sites (N-methyl/N-ethyl adjacent to an activating group) is 1. The Morgan fingerprint density at radius 1 is 1.07 bits per heavy atom. The van der Waals surface area contributed by atoms with Gasteiger partial charge in [-0.1, -0.05) is 57.2 Å². The Kier molecular flexibility index (Phi) is 6.06. The number of carbonyl (C=O) groups is 2. The molecule has 0 amide bonds. The number of ketones is 1. The minimum Gasteiger partial charge on any atom is -0.479 e. The lowest BCUT2D eigenvalue weighted by atomic mass is 9.83. The molecule has 5 heteroatoms. The van der Waals surface area contributed by atoms with Crippen LogP contribution in [0.3, 0.4) is 0 Å². The Bertz CT molecular complexity index is 917. The van der Waals surface area contributed by atoms with Crippen molar-refractivity contribution in [2.24, 2.45) is 0 Å². The maximum Gasteiger partial charge on any atom is 0.347 e. The van der Waals surface area contributed by atoms with Gasteiger partial charge in [-0.3, -0.25) is 4.79 Å². The number of esters is 1. The highest BCUT2D eigenvalue weighted by molar-refractivity contribution is 5.94. The second-order valence-electron chi connectivity index (χ2n) is 7.63. The number of nitrogens with zero attached hydrogens (tertiary/aromatic N) is 1. The Morgan fingerprint density at radius 2 is 1.72 bits per heavy atom. The lowest BCUT2D eigenvalue weighted by Crippen LogP contribution is -2.30. The molecule has 1 heterocycles. The number of benzene rings is 2. The van der Waals surface area contributed by atoms with E-state index in [0.29, 0.717) is 12.2 Å². The summed E-state index contributed by atoms with van der Waals surface area (Å²) < 4.78 is 10.9. The van der Waals surface area contributed by atoms with E-state index in [9.17, 15) is 9.59 Å².